The van der Waals surface area contributed by atoms with Crippen molar-refractivity contribution in [2.24, 2.45) is 0 Å². The number of aryl methyl sites for hydroxylation is 1. The first kappa shape index (κ1) is 8.23. The molecular formula is C10H10FNO. The third-order valence-corrected chi connectivity index (χ3v) is 2.32. The monoisotopic (exact) mass is 179 g/mol. The molecule has 0 fully saturated rings. The Hall–Kier alpha value is -1.38. The minimum Gasteiger partial charge on any atom is -0.373 e. The molecule has 1 unspecified atom stereocenters. The molecule has 13 heavy (non-hydrogen) atoms. The average Bonchev–Trinajstić information content (AvgIpc) is 2.18. The zero-order valence-electron chi connectivity index (χ0n) is 7.09. The Balaban J connectivity index is 2.37. The first-order chi connectivity index (χ1) is 6.31. The van der Waals surface area contributed by atoms with Gasteiger partial charge < -0.3 is 10.1 Å². The van der Waals surface area contributed by atoms with Gasteiger partial charge in [-0.25, -0.2) is 4.39 Å². The van der Waals surface area contributed by atoms with Gasteiger partial charge in [0.25, 0.3) is 0 Å². The van der Waals surface area contributed by atoms with Crippen molar-refractivity contribution in [1.29, 1.82) is 0 Å². The van der Waals surface area contributed by atoms with E-state index in [2.05, 4.69) is 5.32 Å². The Morgan fingerprint density at radius 1 is 1.54 bits per heavy atom. The summed E-state index contributed by atoms with van der Waals surface area (Å²) in [5.74, 6) is -0.274. The van der Waals surface area contributed by atoms with Gasteiger partial charge in [0.2, 0.25) is 0 Å². The van der Waals surface area contributed by atoms with Gasteiger partial charge in [-0.3, -0.25) is 0 Å². The first-order valence-corrected chi connectivity index (χ1v) is 4.30. The normalized spacial score (nSPS) is 20.2. The number of carbonyl (C=O) groups excluding carboxylic acids is 1. The third kappa shape index (κ3) is 1.41. The molecule has 1 heterocycles. The molecule has 1 N–H and O–H groups in total. The summed E-state index contributed by atoms with van der Waals surface area (Å²) in [6, 6.07) is 4.74. The van der Waals surface area contributed by atoms with Gasteiger partial charge >= 0.3 is 0 Å². The van der Waals surface area contributed by atoms with Crippen LogP contribution < -0.4 is 5.32 Å². The minimum atomic E-state index is -0.274. The SMILES string of the molecule is O=CC1CCc2cccc(F)c2N1. The van der Waals surface area contributed by atoms with E-state index in [0.717, 1.165) is 24.7 Å². The van der Waals surface area contributed by atoms with Crippen molar-refractivity contribution in [3.63, 3.8) is 0 Å². The highest BCUT2D eigenvalue weighted by Crippen LogP contribution is 2.26. The number of carbonyl (C=O) groups is 1. The van der Waals surface area contributed by atoms with Gasteiger partial charge in [-0.1, -0.05) is 12.1 Å². The number of fused-ring (bicyclic) bond motifs is 1. The third-order valence-electron chi connectivity index (χ3n) is 2.32. The van der Waals surface area contributed by atoms with Crippen molar-refractivity contribution in [1.82, 2.24) is 0 Å². The summed E-state index contributed by atoms with van der Waals surface area (Å²) in [6.45, 7) is 0. The lowest BCUT2D eigenvalue weighted by atomic mass is 9.99. The van der Waals surface area contributed by atoms with Crippen LogP contribution in [0.3, 0.4) is 0 Å². The van der Waals surface area contributed by atoms with Gasteiger partial charge in [-0.2, -0.15) is 0 Å². The van der Waals surface area contributed by atoms with E-state index in [1.807, 2.05) is 6.07 Å². The molecule has 0 radical (unpaired) electrons. The van der Waals surface area contributed by atoms with Crippen LogP contribution in [0, 0.1) is 5.82 Å². The molecule has 2 rings (SSSR count). The summed E-state index contributed by atoms with van der Waals surface area (Å²) in [6.07, 6.45) is 2.35. The molecule has 68 valence electrons. The Bertz CT molecular complexity index is 338. The molecule has 2 nitrogen and oxygen atoms in total. The lowest BCUT2D eigenvalue weighted by Crippen LogP contribution is -2.27. The van der Waals surface area contributed by atoms with Crippen molar-refractivity contribution in [3.05, 3.63) is 29.6 Å². The second kappa shape index (κ2) is 3.17. The van der Waals surface area contributed by atoms with Gasteiger partial charge in [0.15, 0.2) is 0 Å². The zero-order valence-corrected chi connectivity index (χ0v) is 7.09. The number of halogens is 1. The number of rotatable bonds is 1. The maximum Gasteiger partial charge on any atom is 0.146 e. The van der Waals surface area contributed by atoms with E-state index >= 15 is 0 Å². The van der Waals surface area contributed by atoms with E-state index in [-0.39, 0.29) is 11.9 Å². The van der Waals surface area contributed by atoms with E-state index in [4.69, 9.17) is 0 Å². The van der Waals surface area contributed by atoms with E-state index in [9.17, 15) is 9.18 Å². The first-order valence-electron chi connectivity index (χ1n) is 4.30. The Morgan fingerprint density at radius 2 is 2.38 bits per heavy atom. The topological polar surface area (TPSA) is 29.1 Å². The second-order valence-electron chi connectivity index (χ2n) is 3.20. The maximum atomic E-state index is 13.2. The lowest BCUT2D eigenvalue weighted by Gasteiger charge is -2.23. The summed E-state index contributed by atoms with van der Waals surface area (Å²) < 4.78 is 13.2. The molecule has 0 saturated heterocycles. The smallest absolute Gasteiger partial charge is 0.146 e. The van der Waals surface area contributed by atoms with E-state index in [1.165, 1.54) is 6.07 Å². The predicted molar refractivity (Wildman–Crippen MR) is 48.2 cm³/mol. The molecule has 0 bridgehead atoms. The summed E-state index contributed by atoms with van der Waals surface area (Å²) >= 11 is 0. The molecule has 1 aromatic rings. The number of aldehydes is 1. The number of para-hydroxylation sites is 1. The van der Waals surface area contributed by atoms with Crippen molar-refractivity contribution in [2.45, 2.75) is 18.9 Å². The van der Waals surface area contributed by atoms with E-state index in [1.54, 1.807) is 6.07 Å². The maximum absolute atomic E-state index is 13.2. The van der Waals surface area contributed by atoms with Crippen LogP contribution >= 0.6 is 0 Å². The van der Waals surface area contributed by atoms with Crippen molar-refractivity contribution in [3.8, 4) is 0 Å². The molecule has 0 aromatic heterocycles. The van der Waals surface area contributed by atoms with Gasteiger partial charge in [0, 0.05) is 0 Å². The standard InChI is InChI=1S/C10H10FNO/c11-9-3-1-2-7-4-5-8(6-13)12-10(7)9/h1-3,6,8,12H,4-5H2. The molecule has 0 amide bonds. The number of anilines is 1. The fourth-order valence-corrected chi connectivity index (χ4v) is 1.61. The number of hydrogen-bond donors (Lipinski definition) is 1. The molecule has 1 aliphatic rings. The molecule has 0 saturated carbocycles. The van der Waals surface area contributed by atoms with Gasteiger partial charge in [-0.15, -0.1) is 0 Å². The predicted octanol–water partition coefficient (Wildman–Crippen LogP) is 1.75. The second-order valence-corrected chi connectivity index (χ2v) is 3.20. The zero-order chi connectivity index (χ0) is 9.26. The van der Waals surface area contributed by atoms with E-state index in [0.29, 0.717) is 5.69 Å². The molecule has 0 aliphatic carbocycles. The molecule has 0 spiro atoms. The number of benzene rings is 1. The van der Waals surface area contributed by atoms with Crippen LogP contribution in [0.4, 0.5) is 10.1 Å². The summed E-state index contributed by atoms with van der Waals surface area (Å²) in [7, 11) is 0. The van der Waals surface area contributed by atoms with Crippen LogP contribution in [0.2, 0.25) is 0 Å². The molecule has 1 atom stereocenters. The van der Waals surface area contributed by atoms with Crippen molar-refractivity contribution in [2.75, 3.05) is 5.32 Å². The largest absolute Gasteiger partial charge is 0.373 e. The van der Waals surface area contributed by atoms with Crippen LogP contribution in [0.15, 0.2) is 18.2 Å². The highest BCUT2D eigenvalue weighted by molar-refractivity contribution is 5.68. The molecule has 1 aromatic carbocycles. The van der Waals surface area contributed by atoms with Crippen LogP contribution in [-0.2, 0) is 11.2 Å². The number of hydrogen-bond acceptors (Lipinski definition) is 2. The minimum absolute atomic E-state index is 0.232. The molecule has 3 heteroatoms. The summed E-state index contributed by atoms with van der Waals surface area (Å²) in [5, 5.41) is 2.87. The number of nitrogens with one attached hydrogen (secondary N) is 1. The Labute approximate surface area is 75.8 Å². The molecule has 1 aliphatic heterocycles. The van der Waals surface area contributed by atoms with Gasteiger partial charge in [-0.05, 0) is 24.5 Å². The van der Waals surface area contributed by atoms with Crippen molar-refractivity contribution >= 4 is 12.0 Å². The Morgan fingerprint density at radius 3 is 3.15 bits per heavy atom. The van der Waals surface area contributed by atoms with Crippen LogP contribution in [0.5, 0.6) is 0 Å². The quantitative estimate of drug-likeness (QED) is 0.665. The lowest BCUT2D eigenvalue weighted by molar-refractivity contribution is -0.108. The fourth-order valence-electron chi connectivity index (χ4n) is 1.61. The van der Waals surface area contributed by atoms with Gasteiger partial charge in [0.1, 0.15) is 12.1 Å². The molecular weight excluding hydrogens is 169 g/mol. The summed E-state index contributed by atoms with van der Waals surface area (Å²) in [4.78, 5) is 10.5. The highest BCUT2D eigenvalue weighted by Gasteiger charge is 2.18. The Kier molecular flexibility index (Phi) is 2.00. The van der Waals surface area contributed by atoms with E-state index < -0.39 is 0 Å². The fraction of sp³-hybridized carbons (Fsp3) is 0.300. The van der Waals surface area contributed by atoms with Crippen LogP contribution in [0.25, 0.3) is 0 Å². The highest BCUT2D eigenvalue weighted by atomic mass is 19.1. The average molecular weight is 179 g/mol. The van der Waals surface area contributed by atoms with Gasteiger partial charge in [0.05, 0.1) is 11.7 Å². The van der Waals surface area contributed by atoms with Crippen molar-refractivity contribution < 1.29 is 9.18 Å². The summed E-state index contributed by atoms with van der Waals surface area (Å²) in [5.41, 5.74) is 1.45. The van der Waals surface area contributed by atoms with Crippen LogP contribution in [0.1, 0.15) is 12.0 Å². The van der Waals surface area contributed by atoms with Crippen LogP contribution in [-0.4, -0.2) is 12.3 Å².